The van der Waals surface area contributed by atoms with Gasteiger partial charge in [0.15, 0.2) is 0 Å². The maximum Gasteiger partial charge on any atom is 0.309 e. The van der Waals surface area contributed by atoms with Crippen LogP contribution in [0.5, 0.6) is 11.5 Å². The fourth-order valence-corrected chi connectivity index (χ4v) is 5.21. The highest BCUT2D eigenvalue weighted by molar-refractivity contribution is 5.71. The molecule has 0 saturated carbocycles. The Kier molecular flexibility index (Phi) is 6.22. The Bertz CT molecular complexity index is 996. The minimum absolute atomic E-state index is 0.0230. The molecular formula is C27H34O5. The van der Waals surface area contributed by atoms with Crippen molar-refractivity contribution in [3.05, 3.63) is 58.7 Å². The van der Waals surface area contributed by atoms with Crippen LogP contribution in [0.2, 0.25) is 0 Å². The largest absolute Gasteiger partial charge is 0.494 e. The van der Waals surface area contributed by atoms with Crippen LogP contribution in [0.4, 0.5) is 0 Å². The molecule has 1 saturated heterocycles. The molecule has 2 aliphatic rings. The normalized spacial score (nSPS) is 25.9. The monoisotopic (exact) mass is 438 g/mol. The molecule has 0 aliphatic carbocycles. The molecule has 4 rings (SSSR count). The third-order valence-electron chi connectivity index (χ3n) is 7.20. The van der Waals surface area contributed by atoms with E-state index in [2.05, 4.69) is 39.8 Å². The van der Waals surface area contributed by atoms with Gasteiger partial charge in [0.05, 0.1) is 24.7 Å². The molecule has 0 spiro atoms. The van der Waals surface area contributed by atoms with Gasteiger partial charge in [-0.25, -0.2) is 0 Å². The van der Waals surface area contributed by atoms with Gasteiger partial charge in [0.1, 0.15) is 17.1 Å². The van der Waals surface area contributed by atoms with Gasteiger partial charge in [0.2, 0.25) is 0 Å². The van der Waals surface area contributed by atoms with E-state index in [1.165, 1.54) is 5.56 Å². The van der Waals surface area contributed by atoms with E-state index in [0.717, 1.165) is 28.2 Å². The van der Waals surface area contributed by atoms with Crippen molar-refractivity contribution < 1.29 is 24.1 Å². The summed E-state index contributed by atoms with van der Waals surface area (Å²) in [7, 11) is 0. The highest BCUT2D eigenvalue weighted by Crippen LogP contribution is 2.53. The minimum atomic E-state index is -0.798. The van der Waals surface area contributed by atoms with Crippen molar-refractivity contribution in [1.82, 2.24) is 0 Å². The lowest BCUT2D eigenvalue weighted by molar-refractivity contribution is -0.188. The highest BCUT2D eigenvalue weighted by Gasteiger charge is 2.52. The van der Waals surface area contributed by atoms with Crippen LogP contribution in [0.25, 0.3) is 0 Å². The third kappa shape index (κ3) is 4.11. The Morgan fingerprint density at radius 1 is 1.19 bits per heavy atom. The fraction of sp³-hybridized carbons (Fsp3) is 0.519. The van der Waals surface area contributed by atoms with E-state index in [1.54, 1.807) is 0 Å². The van der Waals surface area contributed by atoms with Crippen molar-refractivity contribution in [2.45, 2.75) is 71.7 Å². The second kappa shape index (κ2) is 8.78. The first-order chi connectivity index (χ1) is 15.2. The number of carboxylic acid groups (broad SMARTS) is 1. The van der Waals surface area contributed by atoms with Crippen LogP contribution < -0.4 is 9.47 Å². The Morgan fingerprint density at radius 2 is 1.94 bits per heavy atom. The number of aliphatic carboxylic acids is 1. The number of para-hydroxylation sites is 1. The Labute approximate surface area is 190 Å². The topological polar surface area (TPSA) is 65.0 Å². The summed E-state index contributed by atoms with van der Waals surface area (Å²) in [5.41, 5.74) is 3.93. The van der Waals surface area contributed by atoms with Crippen molar-refractivity contribution >= 4 is 5.97 Å². The molecule has 1 fully saturated rings. The van der Waals surface area contributed by atoms with E-state index in [0.29, 0.717) is 25.9 Å². The number of carboxylic acids is 1. The van der Waals surface area contributed by atoms with E-state index >= 15 is 0 Å². The van der Waals surface area contributed by atoms with Gasteiger partial charge in [0, 0.05) is 11.5 Å². The second-order valence-corrected chi connectivity index (χ2v) is 9.59. The van der Waals surface area contributed by atoms with Crippen LogP contribution in [-0.2, 0) is 16.0 Å². The highest BCUT2D eigenvalue weighted by atomic mass is 16.5. The predicted octanol–water partition coefficient (Wildman–Crippen LogP) is 5.65. The van der Waals surface area contributed by atoms with Gasteiger partial charge in [0.25, 0.3) is 0 Å². The number of benzene rings is 2. The molecule has 0 radical (unpaired) electrons. The maximum absolute atomic E-state index is 12.2. The van der Waals surface area contributed by atoms with E-state index in [1.807, 2.05) is 31.2 Å². The zero-order valence-corrected chi connectivity index (χ0v) is 19.7. The lowest BCUT2D eigenvalue weighted by Crippen LogP contribution is -2.52. The molecule has 4 atom stereocenters. The van der Waals surface area contributed by atoms with E-state index in [-0.39, 0.29) is 18.1 Å². The molecule has 5 heteroatoms. The maximum atomic E-state index is 12.2. The van der Waals surface area contributed by atoms with Crippen molar-refractivity contribution in [3.8, 4) is 11.5 Å². The van der Waals surface area contributed by atoms with Crippen LogP contribution in [-0.4, -0.2) is 29.4 Å². The fourth-order valence-electron chi connectivity index (χ4n) is 5.21. The molecule has 0 unspecified atom stereocenters. The van der Waals surface area contributed by atoms with Crippen LogP contribution >= 0.6 is 0 Å². The third-order valence-corrected chi connectivity index (χ3v) is 7.20. The molecular weight excluding hydrogens is 404 g/mol. The molecule has 0 bridgehead atoms. The van der Waals surface area contributed by atoms with Crippen molar-refractivity contribution in [3.63, 3.8) is 0 Å². The summed E-state index contributed by atoms with van der Waals surface area (Å²) in [5.74, 6) is 0.370. The number of rotatable bonds is 6. The minimum Gasteiger partial charge on any atom is -0.494 e. The standard InChI is InChI=1S/C27H34O5/c1-6-30-22-10-8-7-9-18(22)12-14-23-20(26(28)29)15-21-25(31-23)19-13-11-16(2)17(3)24(19)32-27(21,4)5/h7-11,13,20-21,23,25H,6,12,14-15H2,1-5H3,(H,28,29)/t20-,21-,23-,25+/m0/s1. The van der Waals surface area contributed by atoms with Gasteiger partial charge >= 0.3 is 5.97 Å². The number of hydrogen-bond acceptors (Lipinski definition) is 4. The van der Waals surface area contributed by atoms with E-state index in [4.69, 9.17) is 14.2 Å². The first kappa shape index (κ1) is 22.7. The number of ether oxygens (including phenoxy) is 3. The Hall–Kier alpha value is -2.53. The molecule has 0 aromatic heterocycles. The van der Waals surface area contributed by atoms with Crippen LogP contribution in [0.3, 0.4) is 0 Å². The van der Waals surface area contributed by atoms with Crippen molar-refractivity contribution in [1.29, 1.82) is 0 Å². The summed E-state index contributed by atoms with van der Waals surface area (Å²) in [6.07, 6.45) is 1.34. The first-order valence-electron chi connectivity index (χ1n) is 11.6. The lowest BCUT2D eigenvalue weighted by Gasteiger charge is -2.50. The second-order valence-electron chi connectivity index (χ2n) is 9.59. The number of carbonyl (C=O) groups is 1. The summed E-state index contributed by atoms with van der Waals surface area (Å²) in [6.45, 7) is 10.8. The van der Waals surface area contributed by atoms with E-state index in [9.17, 15) is 9.90 Å². The average molecular weight is 439 g/mol. The van der Waals surface area contributed by atoms with Gasteiger partial charge in [-0.15, -0.1) is 0 Å². The Balaban J connectivity index is 1.63. The summed E-state index contributed by atoms with van der Waals surface area (Å²) in [6, 6.07) is 12.2. The molecule has 2 aromatic carbocycles. The van der Waals surface area contributed by atoms with Crippen molar-refractivity contribution in [2.24, 2.45) is 11.8 Å². The smallest absolute Gasteiger partial charge is 0.309 e. The molecule has 5 nitrogen and oxygen atoms in total. The first-order valence-corrected chi connectivity index (χ1v) is 11.6. The SMILES string of the molecule is CCOc1ccccc1CC[C@@H]1O[C@@H]2c3ccc(C)c(C)c3OC(C)(C)[C@H]2C[C@@H]1C(=O)O. The summed E-state index contributed by atoms with van der Waals surface area (Å²) in [4.78, 5) is 12.2. The molecule has 0 amide bonds. The van der Waals surface area contributed by atoms with Crippen LogP contribution in [0, 0.1) is 25.7 Å². The van der Waals surface area contributed by atoms with Gasteiger partial charge in [-0.1, -0.05) is 30.3 Å². The molecule has 2 aliphatic heterocycles. The van der Waals surface area contributed by atoms with Gasteiger partial charge in [-0.3, -0.25) is 4.79 Å². The quantitative estimate of drug-likeness (QED) is 0.631. The van der Waals surface area contributed by atoms with Gasteiger partial charge in [-0.05, 0) is 76.6 Å². The number of hydrogen-bond donors (Lipinski definition) is 1. The van der Waals surface area contributed by atoms with Gasteiger partial charge < -0.3 is 19.3 Å². The Morgan fingerprint density at radius 3 is 2.66 bits per heavy atom. The molecule has 172 valence electrons. The molecule has 2 heterocycles. The summed E-state index contributed by atoms with van der Waals surface area (Å²) >= 11 is 0. The average Bonchev–Trinajstić information content (AvgIpc) is 2.75. The predicted molar refractivity (Wildman–Crippen MR) is 123 cm³/mol. The summed E-state index contributed by atoms with van der Waals surface area (Å²) < 4.78 is 18.8. The lowest BCUT2D eigenvalue weighted by atomic mass is 9.71. The van der Waals surface area contributed by atoms with Gasteiger partial charge in [-0.2, -0.15) is 0 Å². The number of fused-ring (bicyclic) bond motifs is 3. The molecule has 1 N–H and O–H groups in total. The zero-order valence-electron chi connectivity index (χ0n) is 19.7. The summed E-state index contributed by atoms with van der Waals surface area (Å²) in [5, 5.41) is 10.0. The molecule has 2 aromatic rings. The molecule has 32 heavy (non-hydrogen) atoms. The van der Waals surface area contributed by atoms with Crippen LogP contribution in [0.1, 0.15) is 62.0 Å². The van der Waals surface area contributed by atoms with Crippen LogP contribution in [0.15, 0.2) is 36.4 Å². The zero-order chi connectivity index (χ0) is 23.0. The van der Waals surface area contributed by atoms with Crippen molar-refractivity contribution in [2.75, 3.05) is 6.61 Å². The number of aryl methyl sites for hydroxylation is 2. The van der Waals surface area contributed by atoms with E-state index < -0.39 is 17.5 Å².